The minimum atomic E-state index is -3.76. The Labute approximate surface area is 167 Å². The van der Waals surface area contributed by atoms with Crippen LogP contribution in [-0.2, 0) is 14.8 Å². The van der Waals surface area contributed by atoms with Gasteiger partial charge in [-0.1, -0.05) is 44.7 Å². The molecular weight excluding hydrogens is 388 g/mol. The van der Waals surface area contributed by atoms with Gasteiger partial charge >= 0.3 is 0 Å². The summed E-state index contributed by atoms with van der Waals surface area (Å²) in [4.78, 5) is 12.5. The van der Waals surface area contributed by atoms with Crippen LogP contribution in [0.2, 0.25) is 5.02 Å². The second-order valence-electron chi connectivity index (χ2n) is 6.79. The molecule has 0 saturated carbocycles. The van der Waals surface area contributed by atoms with Crippen molar-refractivity contribution < 1.29 is 17.9 Å². The van der Waals surface area contributed by atoms with Crippen molar-refractivity contribution in [2.45, 2.75) is 44.4 Å². The maximum Gasteiger partial charge on any atom is 0.251 e. The van der Waals surface area contributed by atoms with Crippen molar-refractivity contribution in [1.29, 1.82) is 0 Å². The first kappa shape index (κ1) is 22.1. The standard InChI is InChI=1S/C19H29ClN2O4S/c1-3-5-6-15(4-2)14-21-19(23)16-7-8-17(20)18(13-16)27(24,25)22-9-11-26-12-10-22/h7-8,13,15H,3-6,9-12,14H2,1-2H3,(H,21,23)/t15-/m0/s1. The summed E-state index contributed by atoms with van der Waals surface area (Å²) in [5.41, 5.74) is 0.302. The maximum atomic E-state index is 12.9. The zero-order valence-corrected chi connectivity index (χ0v) is 17.6. The van der Waals surface area contributed by atoms with Gasteiger partial charge in [-0.2, -0.15) is 4.31 Å². The van der Waals surface area contributed by atoms with E-state index in [-0.39, 0.29) is 28.9 Å². The Morgan fingerprint density at radius 1 is 1.30 bits per heavy atom. The molecule has 1 saturated heterocycles. The Hall–Kier alpha value is -1.15. The molecule has 0 aromatic heterocycles. The third-order valence-corrected chi connectivity index (χ3v) is 7.26. The number of rotatable bonds is 9. The molecule has 1 amide bonds. The minimum Gasteiger partial charge on any atom is -0.379 e. The number of hydrogen-bond donors (Lipinski definition) is 1. The molecule has 0 bridgehead atoms. The highest BCUT2D eigenvalue weighted by Gasteiger charge is 2.29. The molecule has 1 aromatic carbocycles. The van der Waals surface area contributed by atoms with Gasteiger partial charge in [0.05, 0.1) is 18.2 Å². The SMILES string of the molecule is CCCC[C@H](CC)CNC(=O)c1ccc(Cl)c(S(=O)(=O)N2CCOCC2)c1. The first-order valence-electron chi connectivity index (χ1n) is 9.55. The Bertz CT molecular complexity index is 733. The summed E-state index contributed by atoms with van der Waals surface area (Å²) < 4.78 is 32.3. The van der Waals surface area contributed by atoms with Crippen LogP contribution in [0.3, 0.4) is 0 Å². The Balaban J connectivity index is 2.12. The van der Waals surface area contributed by atoms with E-state index in [1.807, 2.05) is 0 Å². The van der Waals surface area contributed by atoms with E-state index in [9.17, 15) is 13.2 Å². The smallest absolute Gasteiger partial charge is 0.251 e. The van der Waals surface area contributed by atoms with Crippen LogP contribution < -0.4 is 5.32 Å². The summed E-state index contributed by atoms with van der Waals surface area (Å²) >= 11 is 6.14. The predicted molar refractivity (Wildman–Crippen MR) is 107 cm³/mol. The van der Waals surface area contributed by atoms with Gasteiger partial charge in [-0.25, -0.2) is 8.42 Å². The van der Waals surface area contributed by atoms with E-state index in [4.69, 9.17) is 16.3 Å². The number of hydrogen-bond acceptors (Lipinski definition) is 4. The molecule has 0 unspecified atom stereocenters. The highest BCUT2D eigenvalue weighted by atomic mass is 35.5. The van der Waals surface area contributed by atoms with E-state index in [0.717, 1.165) is 25.7 Å². The summed E-state index contributed by atoms with van der Waals surface area (Å²) in [7, 11) is -3.76. The van der Waals surface area contributed by atoms with Gasteiger partial charge in [-0.15, -0.1) is 0 Å². The molecule has 152 valence electrons. The van der Waals surface area contributed by atoms with Crippen molar-refractivity contribution in [3.63, 3.8) is 0 Å². The topological polar surface area (TPSA) is 75.7 Å². The van der Waals surface area contributed by atoms with Crippen molar-refractivity contribution in [1.82, 2.24) is 9.62 Å². The summed E-state index contributed by atoms with van der Waals surface area (Å²) in [5, 5.41) is 3.04. The minimum absolute atomic E-state index is 0.0308. The number of nitrogens with one attached hydrogen (secondary N) is 1. The number of halogens is 1. The fourth-order valence-electron chi connectivity index (χ4n) is 3.05. The lowest BCUT2D eigenvalue weighted by Crippen LogP contribution is -2.40. The average Bonchev–Trinajstić information content (AvgIpc) is 2.68. The quantitative estimate of drug-likeness (QED) is 0.670. The Morgan fingerprint density at radius 3 is 2.63 bits per heavy atom. The zero-order chi connectivity index (χ0) is 19.9. The van der Waals surface area contributed by atoms with E-state index in [0.29, 0.717) is 31.2 Å². The molecule has 1 aliphatic heterocycles. The maximum absolute atomic E-state index is 12.9. The normalized spacial score (nSPS) is 16.9. The lowest BCUT2D eigenvalue weighted by atomic mass is 9.99. The first-order valence-corrected chi connectivity index (χ1v) is 11.4. The molecule has 0 radical (unpaired) electrons. The summed E-state index contributed by atoms with van der Waals surface area (Å²) in [6, 6.07) is 4.40. The van der Waals surface area contributed by atoms with Gasteiger partial charge in [0.1, 0.15) is 4.90 Å². The van der Waals surface area contributed by atoms with Gasteiger partial charge in [0.2, 0.25) is 10.0 Å². The largest absolute Gasteiger partial charge is 0.379 e. The molecule has 1 heterocycles. The van der Waals surface area contributed by atoms with Crippen LogP contribution in [0, 0.1) is 5.92 Å². The number of morpholine rings is 1. The summed E-state index contributed by atoms with van der Waals surface area (Å²) in [5.74, 6) is 0.151. The lowest BCUT2D eigenvalue weighted by molar-refractivity contribution is 0.0730. The molecule has 27 heavy (non-hydrogen) atoms. The molecule has 1 N–H and O–H groups in total. The molecule has 2 rings (SSSR count). The fraction of sp³-hybridized carbons (Fsp3) is 0.632. The molecule has 1 aromatic rings. The van der Waals surface area contributed by atoms with Crippen molar-refractivity contribution in [3.05, 3.63) is 28.8 Å². The van der Waals surface area contributed by atoms with Crippen molar-refractivity contribution >= 4 is 27.5 Å². The van der Waals surface area contributed by atoms with Crippen LogP contribution in [0.15, 0.2) is 23.1 Å². The van der Waals surface area contributed by atoms with E-state index in [1.165, 1.54) is 16.4 Å². The number of ether oxygens (including phenoxy) is 1. The highest BCUT2D eigenvalue weighted by molar-refractivity contribution is 7.89. The molecule has 1 fully saturated rings. The highest BCUT2D eigenvalue weighted by Crippen LogP contribution is 2.26. The molecule has 0 aliphatic carbocycles. The second-order valence-corrected chi connectivity index (χ2v) is 9.10. The van der Waals surface area contributed by atoms with Crippen molar-refractivity contribution in [2.75, 3.05) is 32.8 Å². The van der Waals surface area contributed by atoms with Crippen LogP contribution in [0.4, 0.5) is 0 Å². The number of sulfonamides is 1. The molecule has 1 atom stereocenters. The molecule has 1 aliphatic rings. The van der Waals surface area contributed by atoms with Crippen molar-refractivity contribution in [3.8, 4) is 0 Å². The van der Waals surface area contributed by atoms with Gasteiger partial charge in [0, 0.05) is 25.2 Å². The van der Waals surface area contributed by atoms with E-state index in [1.54, 1.807) is 6.07 Å². The third kappa shape index (κ3) is 5.91. The number of benzene rings is 1. The second kappa shape index (κ2) is 10.4. The summed E-state index contributed by atoms with van der Waals surface area (Å²) in [6.45, 7) is 6.12. The fourth-order valence-corrected chi connectivity index (χ4v) is 4.96. The van der Waals surface area contributed by atoms with E-state index in [2.05, 4.69) is 19.2 Å². The lowest BCUT2D eigenvalue weighted by Gasteiger charge is -2.26. The first-order chi connectivity index (χ1) is 12.9. The molecule has 0 spiro atoms. The molecule has 8 heteroatoms. The number of carbonyl (C=O) groups excluding carboxylic acids is 1. The van der Waals surface area contributed by atoms with Gasteiger partial charge in [-0.05, 0) is 30.5 Å². The summed E-state index contributed by atoms with van der Waals surface area (Å²) in [6.07, 6.45) is 4.34. The van der Waals surface area contributed by atoms with E-state index >= 15 is 0 Å². The third-order valence-electron chi connectivity index (χ3n) is 4.88. The monoisotopic (exact) mass is 416 g/mol. The zero-order valence-electron chi connectivity index (χ0n) is 16.0. The number of carbonyl (C=O) groups is 1. The Morgan fingerprint density at radius 2 is 2.00 bits per heavy atom. The van der Waals surface area contributed by atoms with Gasteiger partial charge in [-0.3, -0.25) is 4.79 Å². The van der Waals surface area contributed by atoms with Gasteiger partial charge in [0.15, 0.2) is 0 Å². The Kier molecular flexibility index (Phi) is 8.54. The molecular formula is C19H29ClN2O4S. The van der Waals surface area contributed by atoms with Crippen LogP contribution in [-0.4, -0.2) is 51.5 Å². The number of amides is 1. The van der Waals surface area contributed by atoms with Crippen LogP contribution in [0.1, 0.15) is 49.9 Å². The van der Waals surface area contributed by atoms with Crippen LogP contribution >= 0.6 is 11.6 Å². The molecule has 6 nitrogen and oxygen atoms in total. The van der Waals surface area contributed by atoms with Gasteiger partial charge in [0.25, 0.3) is 5.91 Å². The number of nitrogens with zero attached hydrogens (tertiary/aromatic N) is 1. The number of unbranched alkanes of at least 4 members (excludes halogenated alkanes) is 1. The van der Waals surface area contributed by atoms with Gasteiger partial charge < -0.3 is 10.1 Å². The van der Waals surface area contributed by atoms with E-state index < -0.39 is 10.0 Å². The van der Waals surface area contributed by atoms with Crippen molar-refractivity contribution in [2.24, 2.45) is 5.92 Å². The van der Waals surface area contributed by atoms with Crippen LogP contribution in [0.25, 0.3) is 0 Å². The predicted octanol–water partition coefficient (Wildman–Crippen LogP) is 3.31. The van der Waals surface area contributed by atoms with Crippen LogP contribution in [0.5, 0.6) is 0 Å². The average molecular weight is 417 g/mol.